The number of anilines is 1. The van der Waals surface area contributed by atoms with Crippen LogP contribution in [0.4, 0.5) is 5.13 Å². The highest BCUT2D eigenvalue weighted by Crippen LogP contribution is 2.26. The molecule has 1 aliphatic heterocycles. The van der Waals surface area contributed by atoms with Gasteiger partial charge in [0.25, 0.3) is 5.91 Å². The lowest BCUT2D eigenvalue weighted by Gasteiger charge is -2.16. The van der Waals surface area contributed by atoms with Gasteiger partial charge in [-0.3, -0.25) is 10.1 Å². The van der Waals surface area contributed by atoms with Crippen molar-refractivity contribution in [1.82, 2.24) is 14.5 Å². The highest BCUT2D eigenvalue weighted by molar-refractivity contribution is 9.10. The molecule has 1 aromatic carbocycles. The van der Waals surface area contributed by atoms with Gasteiger partial charge in [0, 0.05) is 17.6 Å². The number of benzene rings is 1. The van der Waals surface area contributed by atoms with Crippen LogP contribution in [0.25, 0.3) is 0 Å². The van der Waals surface area contributed by atoms with Crippen LogP contribution < -0.4 is 5.32 Å². The van der Waals surface area contributed by atoms with Crippen molar-refractivity contribution in [2.75, 3.05) is 18.4 Å². The molecule has 0 aliphatic carbocycles. The Morgan fingerprint density at radius 2 is 2.04 bits per heavy atom. The van der Waals surface area contributed by atoms with Gasteiger partial charge in [0.05, 0.1) is 10.5 Å². The third-order valence-electron chi connectivity index (χ3n) is 3.47. The molecule has 0 spiro atoms. The molecule has 0 unspecified atom stereocenters. The number of carbonyl (C=O) groups is 1. The van der Waals surface area contributed by atoms with Gasteiger partial charge in [-0.2, -0.15) is 4.31 Å². The number of amides is 1. The first-order valence-electron chi connectivity index (χ1n) is 6.86. The van der Waals surface area contributed by atoms with Crippen LogP contribution in [0.2, 0.25) is 0 Å². The fourth-order valence-electron chi connectivity index (χ4n) is 2.31. The van der Waals surface area contributed by atoms with E-state index in [-0.39, 0.29) is 10.5 Å². The normalized spacial score (nSPS) is 15.7. The maximum Gasteiger partial charge on any atom is 0.258 e. The molecule has 0 radical (unpaired) electrons. The summed E-state index contributed by atoms with van der Waals surface area (Å²) in [7, 11) is -3.57. The van der Waals surface area contributed by atoms with E-state index in [1.165, 1.54) is 33.3 Å². The van der Waals surface area contributed by atoms with Crippen molar-refractivity contribution in [3.63, 3.8) is 0 Å². The van der Waals surface area contributed by atoms with Crippen molar-refractivity contribution >= 4 is 48.3 Å². The van der Waals surface area contributed by atoms with Crippen LogP contribution in [0.5, 0.6) is 0 Å². The predicted octanol–water partition coefficient (Wildman–Crippen LogP) is 2.34. The van der Waals surface area contributed by atoms with E-state index in [0.717, 1.165) is 12.8 Å². The van der Waals surface area contributed by atoms with Crippen molar-refractivity contribution in [3.8, 4) is 0 Å². The summed E-state index contributed by atoms with van der Waals surface area (Å²) in [5, 5.41) is 10.3. The monoisotopic (exact) mass is 416 g/mol. The maximum absolute atomic E-state index is 12.6. The molecular weight excluding hydrogens is 404 g/mol. The Hall–Kier alpha value is -1.36. The lowest BCUT2D eigenvalue weighted by atomic mass is 10.2. The van der Waals surface area contributed by atoms with Gasteiger partial charge in [-0.1, -0.05) is 11.3 Å². The number of nitrogens with one attached hydrogen (secondary N) is 1. The SMILES string of the molecule is O=C(Nc1nncs1)c1cc(S(=O)(=O)N2CCCC2)ccc1Br. The molecule has 0 atom stereocenters. The molecule has 10 heteroatoms. The number of carbonyl (C=O) groups excluding carboxylic acids is 1. The topological polar surface area (TPSA) is 92.3 Å². The lowest BCUT2D eigenvalue weighted by Crippen LogP contribution is -2.28. The predicted molar refractivity (Wildman–Crippen MR) is 90.0 cm³/mol. The molecule has 1 N–H and O–H groups in total. The molecule has 122 valence electrons. The zero-order valence-corrected chi connectivity index (χ0v) is 15.1. The van der Waals surface area contributed by atoms with Crippen LogP contribution >= 0.6 is 27.3 Å². The van der Waals surface area contributed by atoms with Crippen LogP contribution in [0.1, 0.15) is 23.2 Å². The number of nitrogens with zero attached hydrogens (tertiary/aromatic N) is 3. The average molecular weight is 417 g/mol. The molecular formula is C13H13BrN4O3S2. The minimum Gasteiger partial charge on any atom is -0.296 e. The van der Waals surface area contributed by atoms with E-state index >= 15 is 0 Å². The quantitative estimate of drug-likeness (QED) is 0.825. The standard InChI is InChI=1S/C13H13BrN4O3S2/c14-11-4-3-9(23(20,21)18-5-1-2-6-18)7-10(11)12(19)16-13-17-15-8-22-13/h3-4,7-8H,1-2,5-6H2,(H,16,17,19). The van der Waals surface area contributed by atoms with Crippen LogP contribution in [-0.4, -0.2) is 41.9 Å². The third kappa shape index (κ3) is 3.44. The Bertz CT molecular complexity index is 818. The molecule has 7 nitrogen and oxygen atoms in total. The van der Waals surface area contributed by atoms with Gasteiger partial charge in [0.15, 0.2) is 0 Å². The summed E-state index contributed by atoms with van der Waals surface area (Å²) in [6.45, 7) is 1.04. The summed E-state index contributed by atoms with van der Waals surface area (Å²) >= 11 is 4.47. The van der Waals surface area contributed by atoms with Gasteiger partial charge < -0.3 is 0 Å². The zero-order chi connectivity index (χ0) is 16.4. The Morgan fingerprint density at radius 3 is 2.70 bits per heavy atom. The van der Waals surface area contributed by atoms with Gasteiger partial charge in [0.2, 0.25) is 15.2 Å². The first-order valence-corrected chi connectivity index (χ1v) is 9.97. The van der Waals surface area contributed by atoms with Crippen molar-refractivity contribution in [2.45, 2.75) is 17.7 Å². The minimum atomic E-state index is -3.57. The van der Waals surface area contributed by atoms with Crippen LogP contribution in [0, 0.1) is 0 Å². The second-order valence-electron chi connectivity index (χ2n) is 4.95. The molecule has 0 saturated carbocycles. The second kappa shape index (κ2) is 6.63. The zero-order valence-electron chi connectivity index (χ0n) is 11.9. The fraction of sp³-hybridized carbons (Fsp3) is 0.308. The third-order valence-corrected chi connectivity index (χ3v) is 6.66. The molecule has 1 aromatic heterocycles. The van der Waals surface area contributed by atoms with E-state index in [2.05, 4.69) is 31.4 Å². The molecule has 23 heavy (non-hydrogen) atoms. The number of sulfonamides is 1. The Balaban J connectivity index is 1.91. The fourth-order valence-corrected chi connectivity index (χ4v) is 4.72. The van der Waals surface area contributed by atoms with Gasteiger partial charge in [0.1, 0.15) is 5.51 Å². The largest absolute Gasteiger partial charge is 0.296 e. The van der Waals surface area contributed by atoms with Crippen LogP contribution in [-0.2, 0) is 10.0 Å². The van der Waals surface area contributed by atoms with Crippen molar-refractivity contribution in [1.29, 1.82) is 0 Å². The molecule has 1 aliphatic rings. The van der Waals surface area contributed by atoms with Gasteiger partial charge >= 0.3 is 0 Å². The molecule has 1 amide bonds. The van der Waals surface area contributed by atoms with Crippen molar-refractivity contribution < 1.29 is 13.2 Å². The molecule has 0 bridgehead atoms. The first kappa shape index (κ1) is 16.5. The van der Waals surface area contributed by atoms with Gasteiger partial charge in [-0.25, -0.2) is 8.42 Å². The summed E-state index contributed by atoms with van der Waals surface area (Å²) in [4.78, 5) is 12.4. The Kier molecular flexibility index (Phi) is 4.76. The number of aromatic nitrogens is 2. The maximum atomic E-state index is 12.6. The second-order valence-corrected chi connectivity index (χ2v) is 8.58. The number of halogens is 1. The minimum absolute atomic E-state index is 0.116. The van der Waals surface area contributed by atoms with Crippen LogP contribution in [0.3, 0.4) is 0 Å². The van der Waals surface area contributed by atoms with Crippen molar-refractivity contribution in [3.05, 3.63) is 33.7 Å². The van der Waals surface area contributed by atoms with Gasteiger partial charge in [-0.15, -0.1) is 10.2 Å². The Labute approximate surface area is 145 Å². The molecule has 2 heterocycles. The van der Waals surface area contributed by atoms with E-state index in [4.69, 9.17) is 0 Å². The van der Waals surface area contributed by atoms with E-state index in [0.29, 0.717) is 22.7 Å². The summed E-state index contributed by atoms with van der Waals surface area (Å²) in [5.41, 5.74) is 1.74. The summed E-state index contributed by atoms with van der Waals surface area (Å²) in [6.07, 6.45) is 1.72. The number of rotatable bonds is 4. The summed E-state index contributed by atoms with van der Waals surface area (Å²) in [5.74, 6) is -0.438. The lowest BCUT2D eigenvalue weighted by molar-refractivity contribution is 0.102. The number of hydrogen-bond acceptors (Lipinski definition) is 6. The van der Waals surface area contributed by atoms with Crippen LogP contribution in [0.15, 0.2) is 33.1 Å². The van der Waals surface area contributed by atoms with E-state index in [1.54, 1.807) is 6.07 Å². The van der Waals surface area contributed by atoms with E-state index in [9.17, 15) is 13.2 Å². The molecule has 1 saturated heterocycles. The smallest absolute Gasteiger partial charge is 0.258 e. The summed E-state index contributed by atoms with van der Waals surface area (Å²) < 4.78 is 27.2. The first-order chi connectivity index (χ1) is 11.0. The highest BCUT2D eigenvalue weighted by atomic mass is 79.9. The number of hydrogen-bond donors (Lipinski definition) is 1. The van der Waals surface area contributed by atoms with E-state index in [1.807, 2.05) is 0 Å². The molecule has 1 fully saturated rings. The Morgan fingerprint density at radius 1 is 1.30 bits per heavy atom. The highest BCUT2D eigenvalue weighted by Gasteiger charge is 2.28. The van der Waals surface area contributed by atoms with Gasteiger partial charge in [-0.05, 0) is 47.0 Å². The summed E-state index contributed by atoms with van der Waals surface area (Å²) in [6, 6.07) is 4.45. The molecule has 2 aromatic rings. The van der Waals surface area contributed by atoms with Crippen molar-refractivity contribution in [2.24, 2.45) is 0 Å². The van der Waals surface area contributed by atoms with E-state index < -0.39 is 15.9 Å². The average Bonchev–Trinajstić information content (AvgIpc) is 3.20. The molecule has 3 rings (SSSR count).